The molecule has 1 saturated carbocycles. The zero-order chi connectivity index (χ0) is 13.5. The van der Waals surface area contributed by atoms with Gasteiger partial charge in [-0.2, -0.15) is 0 Å². The third-order valence-corrected chi connectivity index (χ3v) is 3.25. The van der Waals surface area contributed by atoms with Crippen LogP contribution in [0, 0.1) is 5.92 Å². The van der Waals surface area contributed by atoms with Gasteiger partial charge in [-0.05, 0) is 37.3 Å². The van der Waals surface area contributed by atoms with Crippen LogP contribution in [0.15, 0.2) is 24.3 Å². The molecule has 0 aliphatic heterocycles. The minimum atomic E-state index is -0.240. The normalized spacial score (nSPS) is 14.2. The molecule has 4 nitrogen and oxygen atoms in total. The van der Waals surface area contributed by atoms with Gasteiger partial charge in [0.2, 0.25) is 0 Å². The van der Waals surface area contributed by atoms with Crippen molar-refractivity contribution in [2.45, 2.75) is 19.3 Å². The third kappa shape index (κ3) is 5.49. The first-order valence-electron chi connectivity index (χ1n) is 6.63. The summed E-state index contributed by atoms with van der Waals surface area (Å²) in [5.41, 5.74) is 0.617. The van der Waals surface area contributed by atoms with Crippen LogP contribution in [-0.4, -0.2) is 25.8 Å². The predicted octanol–water partition coefficient (Wildman–Crippen LogP) is 3.28. The van der Waals surface area contributed by atoms with Crippen LogP contribution in [0.3, 0.4) is 0 Å². The Morgan fingerprint density at radius 1 is 1.37 bits per heavy atom. The lowest BCUT2D eigenvalue weighted by atomic mass is 10.3. The van der Waals surface area contributed by atoms with Gasteiger partial charge in [0.05, 0.1) is 10.7 Å². The maximum absolute atomic E-state index is 11.6. The SMILES string of the molecule is O=C(NCCCOCC1CC1)Nc1ccccc1Cl. The molecule has 2 rings (SSSR count). The quantitative estimate of drug-likeness (QED) is 0.754. The van der Waals surface area contributed by atoms with E-state index in [9.17, 15) is 4.79 Å². The molecule has 2 N–H and O–H groups in total. The van der Waals surface area contributed by atoms with Crippen LogP contribution in [0.1, 0.15) is 19.3 Å². The summed E-state index contributed by atoms with van der Waals surface area (Å²) < 4.78 is 5.48. The van der Waals surface area contributed by atoms with E-state index in [2.05, 4.69) is 10.6 Å². The molecule has 1 aliphatic rings. The van der Waals surface area contributed by atoms with Gasteiger partial charge in [0.15, 0.2) is 0 Å². The molecule has 2 amide bonds. The van der Waals surface area contributed by atoms with Gasteiger partial charge < -0.3 is 15.4 Å². The molecule has 1 aromatic carbocycles. The molecule has 0 unspecified atom stereocenters. The number of ether oxygens (including phenoxy) is 1. The number of nitrogens with one attached hydrogen (secondary N) is 2. The highest BCUT2D eigenvalue weighted by Crippen LogP contribution is 2.28. The first-order valence-corrected chi connectivity index (χ1v) is 7.00. The molecule has 0 saturated heterocycles. The molecular weight excluding hydrogens is 264 g/mol. The summed E-state index contributed by atoms with van der Waals surface area (Å²) in [6, 6.07) is 6.91. The summed E-state index contributed by atoms with van der Waals surface area (Å²) >= 11 is 5.94. The van der Waals surface area contributed by atoms with Crippen molar-refractivity contribution in [2.24, 2.45) is 5.92 Å². The van der Waals surface area contributed by atoms with E-state index in [0.29, 0.717) is 23.9 Å². The molecule has 0 spiro atoms. The van der Waals surface area contributed by atoms with Crippen molar-refractivity contribution in [1.82, 2.24) is 5.32 Å². The zero-order valence-corrected chi connectivity index (χ0v) is 11.6. The fraction of sp³-hybridized carbons (Fsp3) is 0.500. The summed E-state index contributed by atoms with van der Waals surface area (Å²) in [5.74, 6) is 0.788. The summed E-state index contributed by atoms with van der Waals surface area (Å²) in [5, 5.41) is 6.01. The van der Waals surface area contributed by atoms with Gasteiger partial charge in [-0.3, -0.25) is 0 Å². The summed E-state index contributed by atoms with van der Waals surface area (Å²) in [6.07, 6.45) is 3.43. The lowest BCUT2D eigenvalue weighted by molar-refractivity contribution is 0.122. The number of carbonyl (C=O) groups is 1. The predicted molar refractivity (Wildman–Crippen MR) is 76.6 cm³/mol. The average Bonchev–Trinajstić information content (AvgIpc) is 3.20. The first-order chi connectivity index (χ1) is 9.25. The topological polar surface area (TPSA) is 50.4 Å². The summed E-state index contributed by atoms with van der Waals surface area (Å²) in [6.45, 7) is 2.16. The number of hydrogen-bond donors (Lipinski definition) is 2. The molecule has 0 aromatic heterocycles. The van der Waals surface area contributed by atoms with Gasteiger partial charge >= 0.3 is 6.03 Å². The number of rotatable bonds is 7. The molecule has 0 bridgehead atoms. The highest BCUT2D eigenvalue weighted by atomic mass is 35.5. The van der Waals surface area contributed by atoms with E-state index in [0.717, 1.165) is 18.9 Å². The lowest BCUT2D eigenvalue weighted by Gasteiger charge is -2.09. The van der Waals surface area contributed by atoms with Gasteiger partial charge in [0, 0.05) is 19.8 Å². The second-order valence-corrected chi connectivity index (χ2v) is 5.14. The van der Waals surface area contributed by atoms with Crippen LogP contribution in [-0.2, 0) is 4.74 Å². The van der Waals surface area contributed by atoms with E-state index >= 15 is 0 Å². The van der Waals surface area contributed by atoms with Crippen molar-refractivity contribution in [2.75, 3.05) is 25.1 Å². The highest BCUT2D eigenvalue weighted by molar-refractivity contribution is 6.33. The molecule has 1 fully saturated rings. The van der Waals surface area contributed by atoms with Gasteiger partial charge in [-0.25, -0.2) is 4.79 Å². The number of anilines is 1. The average molecular weight is 283 g/mol. The second kappa shape index (κ2) is 7.36. The minimum Gasteiger partial charge on any atom is -0.381 e. The lowest BCUT2D eigenvalue weighted by Crippen LogP contribution is -2.30. The van der Waals surface area contributed by atoms with E-state index in [1.165, 1.54) is 12.8 Å². The third-order valence-electron chi connectivity index (χ3n) is 2.92. The molecule has 0 atom stereocenters. The van der Waals surface area contributed by atoms with E-state index < -0.39 is 0 Å². The summed E-state index contributed by atoms with van der Waals surface area (Å²) in [7, 11) is 0. The fourth-order valence-electron chi connectivity index (χ4n) is 1.64. The number of hydrogen-bond acceptors (Lipinski definition) is 2. The van der Waals surface area contributed by atoms with Crippen LogP contribution >= 0.6 is 11.6 Å². The number of carbonyl (C=O) groups excluding carboxylic acids is 1. The number of urea groups is 1. The van der Waals surface area contributed by atoms with Crippen LogP contribution in [0.4, 0.5) is 10.5 Å². The molecule has 19 heavy (non-hydrogen) atoms. The van der Waals surface area contributed by atoms with Crippen molar-refractivity contribution in [1.29, 1.82) is 0 Å². The fourth-order valence-corrected chi connectivity index (χ4v) is 1.82. The van der Waals surface area contributed by atoms with E-state index in [-0.39, 0.29) is 6.03 Å². The van der Waals surface area contributed by atoms with Crippen molar-refractivity contribution in [3.8, 4) is 0 Å². The number of benzene rings is 1. The van der Waals surface area contributed by atoms with E-state index in [1.54, 1.807) is 12.1 Å². The Morgan fingerprint density at radius 3 is 2.89 bits per heavy atom. The molecule has 0 radical (unpaired) electrons. The molecule has 1 aliphatic carbocycles. The molecule has 5 heteroatoms. The monoisotopic (exact) mass is 282 g/mol. The largest absolute Gasteiger partial charge is 0.381 e. The smallest absolute Gasteiger partial charge is 0.319 e. The highest BCUT2D eigenvalue weighted by Gasteiger charge is 2.20. The number of halogens is 1. The Bertz CT molecular complexity index is 422. The minimum absolute atomic E-state index is 0.240. The standard InChI is InChI=1S/C14H19ClN2O2/c15-12-4-1-2-5-13(12)17-14(18)16-8-3-9-19-10-11-6-7-11/h1-2,4-5,11H,3,6-10H2,(H2,16,17,18). The van der Waals surface area contributed by atoms with Crippen LogP contribution in [0.25, 0.3) is 0 Å². The maximum Gasteiger partial charge on any atom is 0.319 e. The van der Waals surface area contributed by atoms with Crippen molar-refractivity contribution >= 4 is 23.3 Å². The number of para-hydroxylation sites is 1. The van der Waals surface area contributed by atoms with Crippen molar-refractivity contribution < 1.29 is 9.53 Å². The maximum atomic E-state index is 11.6. The molecule has 1 aromatic rings. The van der Waals surface area contributed by atoms with Crippen LogP contribution in [0.2, 0.25) is 5.02 Å². The molecular formula is C14H19ClN2O2. The van der Waals surface area contributed by atoms with Crippen molar-refractivity contribution in [3.63, 3.8) is 0 Å². The number of amides is 2. The van der Waals surface area contributed by atoms with Crippen LogP contribution < -0.4 is 10.6 Å². The van der Waals surface area contributed by atoms with E-state index in [1.807, 2.05) is 12.1 Å². The van der Waals surface area contributed by atoms with E-state index in [4.69, 9.17) is 16.3 Å². The molecule has 104 valence electrons. The molecule has 0 heterocycles. The zero-order valence-electron chi connectivity index (χ0n) is 10.8. The summed E-state index contributed by atoms with van der Waals surface area (Å²) in [4.78, 5) is 11.6. The first kappa shape index (κ1) is 14.2. The van der Waals surface area contributed by atoms with Crippen LogP contribution in [0.5, 0.6) is 0 Å². The Hall–Kier alpha value is -1.26. The van der Waals surface area contributed by atoms with Gasteiger partial charge in [0.25, 0.3) is 0 Å². The Balaban J connectivity index is 1.55. The Labute approximate surface area is 118 Å². The van der Waals surface area contributed by atoms with Gasteiger partial charge in [-0.15, -0.1) is 0 Å². The van der Waals surface area contributed by atoms with Gasteiger partial charge in [-0.1, -0.05) is 23.7 Å². The van der Waals surface area contributed by atoms with Crippen molar-refractivity contribution in [3.05, 3.63) is 29.3 Å². The van der Waals surface area contributed by atoms with Gasteiger partial charge in [0.1, 0.15) is 0 Å². The second-order valence-electron chi connectivity index (χ2n) is 4.73. The Morgan fingerprint density at radius 2 is 2.16 bits per heavy atom. The Kier molecular flexibility index (Phi) is 5.48.